The molecule has 0 bridgehead atoms. The SMILES string of the molecule is O=C1CCC(NCc2csc3ccccc23)C(=O)N1. The third-order valence-electron chi connectivity index (χ3n) is 3.34. The summed E-state index contributed by atoms with van der Waals surface area (Å²) in [7, 11) is 0. The number of amides is 2. The van der Waals surface area contributed by atoms with E-state index in [4.69, 9.17) is 0 Å². The summed E-state index contributed by atoms with van der Waals surface area (Å²) in [6.45, 7) is 0.649. The van der Waals surface area contributed by atoms with Gasteiger partial charge in [-0.25, -0.2) is 0 Å². The maximum absolute atomic E-state index is 11.6. The van der Waals surface area contributed by atoms with Gasteiger partial charge in [0.1, 0.15) is 0 Å². The molecule has 1 aromatic carbocycles. The summed E-state index contributed by atoms with van der Waals surface area (Å²) in [4.78, 5) is 22.7. The number of fused-ring (bicyclic) bond motifs is 1. The predicted molar refractivity (Wildman–Crippen MR) is 74.8 cm³/mol. The van der Waals surface area contributed by atoms with E-state index in [1.807, 2.05) is 12.1 Å². The van der Waals surface area contributed by atoms with Gasteiger partial charge in [-0.1, -0.05) is 18.2 Å². The van der Waals surface area contributed by atoms with Gasteiger partial charge in [0.05, 0.1) is 6.04 Å². The smallest absolute Gasteiger partial charge is 0.243 e. The molecule has 19 heavy (non-hydrogen) atoms. The first-order chi connectivity index (χ1) is 9.24. The van der Waals surface area contributed by atoms with Crippen molar-refractivity contribution in [3.63, 3.8) is 0 Å². The molecule has 2 amide bonds. The molecule has 0 spiro atoms. The van der Waals surface area contributed by atoms with Crippen LogP contribution in [0.2, 0.25) is 0 Å². The van der Waals surface area contributed by atoms with Gasteiger partial charge < -0.3 is 5.32 Å². The minimum atomic E-state index is -0.267. The number of nitrogens with one attached hydrogen (secondary N) is 2. The molecule has 0 saturated carbocycles. The largest absolute Gasteiger partial charge is 0.302 e. The van der Waals surface area contributed by atoms with Crippen LogP contribution in [-0.4, -0.2) is 17.9 Å². The third kappa shape index (κ3) is 2.52. The lowest BCUT2D eigenvalue weighted by Crippen LogP contribution is -2.50. The number of thiophene rings is 1. The monoisotopic (exact) mass is 274 g/mol. The van der Waals surface area contributed by atoms with E-state index < -0.39 is 0 Å². The Morgan fingerprint density at radius 3 is 3.00 bits per heavy atom. The van der Waals surface area contributed by atoms with E-state index in [1.54, 1.807) is 11.3 Å². The standard InChI is InChI=1S/C14H14N2O2S/c17-13-6-5-11(14(18)16-13)15-7-9-8-19-12-4-2-1-3-10(9)12/h1-4,8,11,15H,5-7H2,(H,16,17,18). The Labute approximate surface area is 114 Å². The van der Waals surface area contributed by atoms with Crippen molar-refractivity contribution >= 4 is 33.2 Å². The number of hydrogen-bond donors (Lipinski definition) is 2. The van der Waals surface area contributed by atoms with Crippen LogP contribution in [0.3, 0.4) is 0 Å². The Kier molecular flexibility index (Phi) is 3.31. The topological polar surface area (TPSA) is 58.2 Å². The van der Waals surface area contributed by atoms with E-state index in [1.165, 1.54) is 15.6 Å². The lowest BCUT2D eigenvalue weighted by molar-refractivity contribution is -0.134. The van der Waals surface area contributed by atoms with Gasteiger partial charge in [0.15, 0.2) is 0 Å². The molecule has 0 radical (unpaired) electrons. The molecular formula is C14H14N2O2S. The molecule has 1 aliphatic rings. The quantitative estimate of drug-likeness (QED) is 0.839. The summed E-state index contributed by atoms with van der Waals surface area (Å²) in [5.41, 5.74) is 1.20. The maximum Gasteiger partial charge on any atom is 0.243 e. The molecule has 1 aromatic heterocycles. The van der Waals surface area contributed by atoms with Crippen LogP contribution in [0.5, 0.6) is 0 Å². The van der Waals surface area contributed by atoms with Crippen LogP contribution in [0, 0.1) is 0 Å². The van der Waals surface area contributed by atoms with Crippen molar-refractivity contribution in [2.45, 2.75) is 25.4 Å². The molecule has 2 aromatic rings. The highest BCUT2D eigenvalue weighted by molar-refractivity contribution is 7.17. The number of carbonyl (C=O) groups excluding carboxylic acids is 2. The van der Waals surface area contributed by atoms with Crippen molar-refractivity contribution in [1.82, 2.24) is 10.6 Å². The molecule has 2 N–H and O–H groups in total. The Bertz CT molecular complexity index is 635. The second-order valence-corrected chi connectivity index (χ2v) is 5.55. The minimum Gasteiger partial charge on any atom is -0.302 e. The van der Waals surface area contributed by atoms with Crippen LogP contribution in [-0.2, 0) is 16.1 Å². The van der Waals surface area contributed by atoms with Gasteiger partial charge in [-0.15, -0.1) is 11.3 Å². The first-order valence-corrected chi connectivity index (χ1v) is 7.14. The number of piperidine rings is 1. The van der Waals surface area contributed by atoms with E-state index in [-0.39, 0.29) is 17.9 Å². The van der Waals surface area contributed by atoms with E-state index in [0.29, 0.717) is 19.4 Å². The zero-order valence-electron chi connectivity index (χ0n) is 10.3. The fourth-order valence-corrected chi connectivity index (χ4v) is 3.25. The van der Waals surface area contributed by atoms with Gasteiger partial charge in [0.2, 0.25) is 11.8 Å². The average molecular weight is 274 g/mol. The number of carbonyl (C=O) groups is 2. The number of rotatable bonds is 3. The second kappa shape index (κ2) is 5.11. The molecule has 1 fully saturated rings. The predicted octanol–water partition coefficient (Wildman–Crippen LogP) is 1.80. The van der Waals surface area contributed by atoms with Gasteiger partial charge in [-0.2, -0.15) is 0 Å². The first-order valence-electron chi connectivity index (χ1n) is 6.26. The van der Waals surface area contributed by atoms with Crippen LogP contribution in [0.1, 0.15) is 18.4 Å². The summed E-state index contributed by atoms with van der Waals surface area (Å²) >= 11 is 1.71. The summed E-state index contributed by atoms with van der Waals surface area (Å²) in [6.07, 6.45) is 0.987. The highest BCUT2D eigenvalue weighted by atomic mass is 32.1. The summed E-state index contributed by atoms with van der Waals surface area (Å²) in [5, 5.41) is 8.93. The molecule has 1 aliphatic heterocycles. The number of imide groups is 1. The number of hydrogen-bond acceptors (Lipinski definition) is 4. The van der Waals surface area contributed by atoms with Gasteiger partial charge >= 0.3 is 0 Å². The molecule has 1 unspecified atom stereocenters. The van der Waals surface area contributed by atoms with Crippen molar-refractivity contribution in [3.8, 4) is 0 Å². The summed E-state index contributed by atoms with van der Waals surface area (Å²) < 4.78 is 1.25. The normalized spacial score (nSPS) is 19.7. The molecule has 1 saturated heterocycles. The van der Waals surface area contributed by atoms with Gasteiger partial charge in [0.25, 0.3) is 0 Å². The Morgan fingerprint density at radius 2 is 2.16 bits per heavy atom. The molecular weight excluding hydrogens is 260 g/mol. The minimum absolute atomic E-state index is 0.177. The van der Waals surface area contributed by atoms with Gasteiger partial charge in [-0.3, -0.25) is 14.9 Å². The molecule has 1 atom stereocenters. The van der Waals surface area contributed by atoms with E-state index in [0.717, 1.165) is 0 Å². The Balaban J connectivity index is 1.69. The zero-order valence-corrected chi connectivity index (χ0v) is 11.1. The Morgan fingerprint density at radius 1 is 1.32 bits per heavy atom. The third-order valence-corrected chi connectivity index (χ3v) is 4.35. The lowest BCUT2D eigenvalue weighted by Gasteiger charge is -2.21. The fourth-order valence-electron chi connectivity index (χ4n) is 2.29. The second-order valence-electron chi connectivity index (χ2n) is 4.64. The lowest BCUT2D eigenvalue weighted by atomic mass is 10.1. The van der Waals surface area contributed by atoms with E-state index >= 15 is 0 Å². The zero-order chi connectivity index (χ0) is 13.2. The molecule has 4 nitrogen and oxygen atoms in total. The van der Waals surface area contributed by atoms with Crippen molar-refractivity contribution < 1.29 is 9.59 Å². The number of benzene rings is 1. The fraction of sp³-hybridized carbons (Fsp3) is 0.286. The van der Waals surface area contributed by atoms with Crippen molar-refractivity contribution in [1.29, 1.82) is 0 Å². The van der Waals surface area contributed by atoms with Crippen LogP contribution in [0.15, 0.2) is 29.6 Å². The molecule has 3 rings (SSSR count). The van der Waals surface area contributed by atoms with Gasteiger partial charge in [0, 0.05) is 17.7 Å². The van der Waals surface area contributed by atoms with E-state index in [2.05, 4.69) is 28.1 Å². The van der Waals surface area contributed by atoms with Crippen molar-refractivity contribution in [2.75, 3.05) is 0 Å². The maximum atomic E-state index is 11.6. The molecule has 2 heterocycles. The first kappa shape index (κ1) is 12.3. The highest BCUT2D eigenvalue weighted by Crippen LogP contribution is 2.25. The van der Waals surface area contributed by atoms with Crippen LogP contribution < -0.4 is 10.6 Å². The van der Waals surface area contributed by atoms with Gasteiger partial charge in [-0.05, 0) is 28.8 Å². The van der Waals surface area contributed by atoms with Crippen LogP contribution in [0.25, 0.3) is 10.1 Å². The Hall–Kier alpha value is -1.72. The van der Waals surface area contributed by atoms with Crippen molar-refractivity contribution in [3.05, 3.63) is 35.2 Å². The molecule has 5 heteroatoms. The molecule has 0 aliphatic carbocycles. The summed E-state index contributed by atoms with van der Waals surface area (Å²) in [5.74, 6) is -0.389. The van der Waals surface area contributed by atoms with Crippen LogP contribution >= 0.6 is 11.3 Å². The highest BCUT2D eigenvalue weighted by Gasteiger charge is 2.25. The average Bonchev–Trinajstić information content (AvgIpc) is 2.81. The van der Waals surface area contributed by atoms with E-state index in [9.17, 15) is 9.59 Å². The van der Waals surface area contributed by atoms with Crippen molar-refractivity contribution in [2.24, 2.45) is 0 Å². The molecule has 98 valence electrons. The summed E-state index contributed by atoms with van der Waals surface area (Å²) in [6, 6.07) is 7.96. The van der Waals surface area contributed by atoms with Crippen LogP contribution in [0.4, 0.5) is 0 Å².